The van der Waals surface area contributed by atoms with E-state index in [-0.39, 0.29) is 11.8 Å². The summed E-state index contributed by atoms with van der Waals surface area (Å²) in [7, 11) is 0. The molecule has 1 heterocycles. The number of rotatable bonds is 3. The number of pyridine rings is 1. The highest BCUT2D eigenvalue weighted by atomic mass is 16.1. The van der Waals surface area contributed by atoms with Crippen molar-refractivity contribution >= 4 is 17.4 Å². The Balaban J connectivity index is 2.25. The largest absolute Gasteiger partial charge is 0.384 e. The number of nitrogen functional groups attached to an aromatic ring is 1. The van der Waals surface area contributed by atoms with Gasteiger partial charge >= 0.3 is 0 Å². The van der Waals surface area contributed by atoms with Crippen molar-refractivity contribution in [2.45, 2.75) is 26.7 Å². The van der Waals surface area contributed by atoms with Gasteiger partial charge in [0, 0.05) is 16.9 Å². The van der Waals surface area contributed by atoms with Gasteiger partial charge in [-0.25, -0.2) is 4.98 Å². The molecule has 1 aromatic heterocycles. The van der Waals surface area contributed by atoms with Crippen molar-refractivity contribution < 1.29 is 4.79 Å². The van der Waals surface area contributed by atoms with Crippen LogP contribution in [0.3, 0.4) is 0 Å². The number of nitrogens with zero attached hydrogens (tertiary/aromatic N) is 1. The molecule has 1 aromatic carbocycles. The number of amides is 1. The normalized spacial score (nSPS) is 10.6. The number of benzene rings is 1. The average molecular weight is 269 g/mol. The molecule has 2 aromatic rings. The molecule has 104 valence electrons. The van der Waals surface area contributed by atoms with Crippen LogP contribution in [0.2, 0.25) is 0 Å². The van der Waals surface area contributed by atoms with Gasteiger partial charge in [-0.15, -0.1) is 0 Å². The van der Waals surface area contributed by atoms with Gasteiger partial charge in [0.15, 0.2) is 0 Å². The van der Waals surface area contributed by atoms with Gasteiger partial charge in [0.1, 0.15) is 5.82 Å². The summed E-state index contributed by atoms with van der Waals surface area (Å²) in [6, 6.07) is 11.1. The molecule has 0 aliphatic carbocycles. The molecule has 0 saturated carbocycles. The first-order valence-corrected chi connectivity index (χ1v) is 6.61. The summed E-state index contributed by atoms with van der Waals surface area (Å²) >= 11 is 0. The van der Waals surface area contributed by atoms with E-state index in [0.717, 1.165) is 16.9 Å². The lowest BCUT2D eigenvalue weighted by molar-refractivity contribution is 0.102. The summed E-state index contributed by atoms with van der Waals surface area (Å²) in [5.41, 5.74) is 8.98. The molecular formula is C16H19N3O. The number of nitrogens with one attached hydrogen (secondary N) is 1. The fourth-order valence-corrected chi connectivity index (χ4v) is 1.93. The first kappa shape index (κ1) is 14.1. The number of hydrogen-bond acceptors (Lipinski definition) is 3. The molecule has 2 rings (SSSR count). The maximum atomic E-state index is 12.3. The minimum Gasteiger partial charge on any atom is -0.384 e. The van der Waals surface area contributed by atoms with Gasteiger partial charge in [-0.1, -0.05) is 26.0 Å². The second-order valence-electron chi connectivity index (χ2n) is 5.18. The molecule has 0 aliphatic heterocycles. The Labute approximate surface area is 119 Å². The molecule has 0 fully saturated rings. The molecule has 20 heavy (non-hydrogen) atoms. The van der Waals surface area contributed by atoms with E-state index in [2.05, 4.69) is 10.3 Å². The van der Waals surface area contributed by atoms with E-state index in [1.165, 1.54) is 0 Å². The van der Waals surface area contributed by atoms with E-state index >= 15 is 0 Å². The minimum atomic E-state index is -0.174. The number of carbonyl (C=O) groups is 1. The second-order valence-corrected chi connectivity index (χ2v) is 5.18. The van der Waals surface area contributed by atoms with Crippen LogP contribution in [0.15, 0.2) is 36.4 Å². The van der Waals surface area contributed by atoms with Crippen LogP contribution in [0, 0.1) is 6.92 Å². The number of nitrogens with two attached hydrogens (primary N) is 1. The van der Waals surface area contributed by atoms with Crippen LogP contribution in [0.25, 0.3) is 0 Å². The zero-order valence-corrected chi connectivity index (χ0v) is 12.0. The fraction of sp³-hybridized carbons (Fsp3) is 0.250. The van der Waals surface area contributed by atoms with E-state index in [1.807, 2.05) is 45.0 Å². The smallest absolute Gasteiger partial charge is 0.255 e. The zero-order valence-electron chi connectivity index (χ0n) is 12.0. The number of hydrogen-bond donors (Lipinski definition) is 2. The number of aryl methyl sites for hydroxylation is 1. The Kier molecular flexibility index (Phi) is 4.03. The van der Waals surface area contributed by atoms with Crippen LogP contribution in [0.4, 0.5) is 11.5 Å². The maximum absolute atomic E-state index is 12.3. The van der Waals surface area contributed by atoms with Crippen LogP contribution in [0.1, 0.15) is 41.4 Å². The van der Waals surface area contributed by atoms with E-state index in [1.54, 1.807) is 12.1 Å². The summed E-state index contributed by atoms with van der Waals surface area (Å²) in [6.07, 6.45) is 0. The lowest BCUT2D eigenvalue weighted by atomic mass is 10.1. The van der Waals surface area contributed by atoms with Crippen molar-refractivity contribution in [1.82, 2.24) is 4.98 Å². The molecule has 0 unspecified atom stereocenters. The zero-order chi connectivity index (χ0) is 14.7. The standard InChI is InChI=1S/C16H19N3O/c1-10(2)14-8-12(9-15(17)19-14)16(20)18-13-6-4-5-11(3)7-13/h4-10H,1-3H3,(H2,17,19)(H,18,20). The lowest BCUT2D eigenvalue weighted by Gasteiger charge is -2.10. The highest BCUT2D eigenvalue weighted by molar-refractivity contribution is 6.04. The number of anilines is 2. The molecule has 4 nitrogen and oxygen atoms in total. The van der Waals surface area contributed by atoms with Gasteiger partial charge in [0.25, 0.3) is 5.91 Å². The summed E-state index contributed by atoms with van der Waals surface area (Å²) in [4.78, 5) is 16.5. The third-order valence-electron chi connectivity index (χ3n) is 2.99. The highest BCUT2D eigenvalue weighted by Crippen LogP contribution is 2.17. The summed E-state index contributed by atoms with van der Waals surface area (Å²) in [5.74, 6) is 0.418. The average Bonchev–Trinajstić information content (AvgIpc) is 2.37. The van der Waals surface area contributed by atoms with Crippen molar-refractivity contribution in [3.05, 3.63) is 53.2 Å². The predicted octanol–water partition coefficient (Wildman–Crippen LogP) is 3.35. The van der Waals surface area contributed by atoms with Crippen LogP contribution in [0.5, 0.6) is 0 Å². The fourth-order valence-electron chi connectivity index (χ4n) is 1.93. The van der Waals surface area contributed by atoms with Crippen molar-refractivity contribution in [2.75, 3.05) is 11.1 Å². The molecule has 0 atom stereocenters. The van der Waals surface area contributed by atoms with E-state index in [9.17, 15) is 4.79 Å². The van der Waals surface area contributed by atoms with Crippen LogP contribution in [-0.2, 0) is 0 Å². The molecule has 1 amide bonds. The predicted molar refractivity (Wildman–Crippen MR) is 81.9 cm³/mol. The van der Waals surface area contributed by atoms with Gasteiger partial charge < -0.3 is 11.1 Å². The van der Waals surface area contributed by atoms with Crippen molar-refractivity contribution in [2.24, 2.45) is 0 Å². The quantitative estimate of drug-likeness (QED) is 0.897. The molecule has 4 heteroatoms. The topological polar surface area (TPSA) is 68.0 Å². The molecule has 0 saturated heterocycles. The van der Waals surface area contributed by atoms with Crippen LogP contribution in [-0.4, -0.2) is 10.9 Å². The molecule has 0 spiro atoms. The van der Waals surface area contributed by atoms with Crippen LogP contribution >= 0.6 is 0 Å². The van der Waals surface area contributed by atoms with E-state index < -0.39 is 0 Å². The molecular weight excluding hydrogens is 250 g/mol. The van der Waals surface area contributed by atoms with Crippen molar-refractivity contribution in [3.63, 3.8) is 0 Å². The van der Waals surface area contributed by atoms with E-state index in [0.29, 0.717) is 11.4 Å². The lowest BCUT2D eigenvalue weighted by Crippen LogP contribution is -2.13. The first-order chi connectivity index (χ1) is 9.45. The van der Waals surface area contributed by atoms with E-state index in [4.69, 9.17) is 5.73 Å². The molecule has 0 bridgehead atoms. The van der Waals surface area contributed by atoms with Crippen molar-refractivity contribution in [3.8, 4) is 0 Å². The number of carbonyl (C=O) groups excluding carboxylic acids is 1. The monoisotopic (exact) mass is 269 g/mol. The summed E-state index contributed by atoms with van der Waals surface area (Å²) in [5, 5.41) is 2.87. The van der Waals surface area contributed by atoms with Gasteiger partial charge in [-0.05, 0) is 42.7 Å². The second kappa shape index (κ2) is 5.74. The molecule has 0 aliphatic rings. The maximum Gasteiger partial charge on any atom is 0.255 e. The van der Waals surface area contributed by atoms with Crippen LogP contribution < -0.4 is 11.1 Å². The van der Waals surface area contributed by atoms with Crippen molar-refractivity contribution in [1.29, 1.82) is 0 Å². The number of aromatic nitrogens is 1. The Morgan fingerprint density at radius 2 is 2.00 bits per heavy atom. The Morgan fingerprint density at radius 1 is 1.25 bits per heavy atom. The SMILES string of the molecule is Cc1cccc(NC(=O)c2cc(N)nc(C(C)C)c2)c1. The highest BCUT2D eigenvalue weighted by Gasteiger charge is 2.11. The van der Waals surface area contributed by atoms with Gasteiger partial charge in [0.2, 0.25) is 0 Å². The third-order valence-corrected chi connectivity index (χ3v) is 2.99. The Hall–Kier alpha value is -2.36. The molecule has 0 radical (unpaired) electrons. The summed E-state index contributed by atoms with van der Waals surface area (Å²) in [6.45, 7) is 6.02. The first-order valence-electron chi connectivity index (χ1n) is 6.61. The Morgan fingerprint density at radius 3 is 2.65 bits per heavy atom. The minimum absolute atomic E-state index is 0.174. The van der Waals surface area contributed by atoms with Gasteiger partial charge in [-0.3, -0.25) is 4.79 Å². The molecule has 3 N–H and O–H groups in total. The summed E-state index contributed by atoms with van der Waals surface area (Å²) < 4.78 is 0. The Bertz CT molecular complexity index is 635. The van der Waals surface area contributed by atoms with Gasteiger partial charge in [0.05, 0.1) is 0 Å². The third kappa shape index (κ3) is 3.35. The van der Waals surface area contributed by atoms with Gasteiger partial charge in [-0.2, -0.15) is 0 Å².